The van der Waals surface area contributed by atoms with Gasteiger partial charge >= 0.3 is 0 Å². The quantitative estimate of drug-likeness (QED) is 0.758. The molecule has 0 aliphatic carbocycles. The fourth-order valence-corrected chi connectivity index (χ4v) is 3.03. The van der Waals surface area contributed by atoms with Crippen molar-refractivity contribution in [3.8, 4) is 0 Å². The maximum absolute atomic E-state index is 6.20. The van der Waals surface area contributed by atoms with Crippen molar-refractivity contribution in [3.63, 3.8) is 0 Å². The average Bonchev–Trinajstić information content (AvgIpc) is 2.97. The van der Waals surface area contributed by atoms with Gasteiger partial charge in [0.1, 0.15) is 5.01 Å². The molecule has 3 aromatic rings. The third-order valence-electron chi connectivity index (χ3n) is 2.95. The number of hydrogen-bond acceptors (Lipinski definition) is 4. The zero-order valence-electron chi connectivity index (χ0n) is 10.1. The highest BCUT2D eigenvalue weighted by Crippen LogP contribution is 2.28. The molecular weight excluding hydrogens is 244 g/mol. The number of aromatic amines is 1. The van der Waals surface area contributed by atoms with Crippen molar-refractivity contribution in [1.82, 2.24) is 15.0 Å². The Bertz CT molecular complexity index is 657. The minimum atomic E-state index is -0.0813. The maximum Gasteiger partial charge on any atom is 0.111 e. The number of rotatable bonds is 3. The number of H-pyrrole nitrogens is 1. The van der Waals surface area contributed by atoms with Gasteiger partial charge in [0.25, 0.3) is 0 Å². The molecule has 0 fully saturated rings. The summed E-state index contributed by atoms with van der Waals surface area (Å²) in [5.74, 6) is 0. The number of hydrogen-bond donors (Lipinski definition) is 2. The van der Waals surface area contributed by atoms with Crippen LogP contribution < -0.4 is 5.73 Å². The van der Waals surface area contributed by atoms with Crippen LogP contribution in [0.5, 0.6) is 0 Å². The van der Waals surface area contributed by atoms with Gasteiger partial charge in [0, 0.05) is 18.3 Å². The van der Waals surface area contributed by atoms with Crippen LogP contribution in [0, 0.1) is 6.92 Å². The van der Waals surface area contributed by atoms with Gasteiger partial charge < -0.3 is 10.7 Å². The van der Waals surface area contributed by atoms with Crippen LogP contribution in [-0.4, -0.2) is 15.0 Å². The molecular formula is C13H14N4S. The van der Waals surface area contributed by atoms with Crippen LogP contribution >= 0.6 is 11.3 Å². The molecule has 18 heavy (non-hydrogen) atoms. The molecule has 0 saturated carbocycles. The lowest BCUT2D eigenvalue weighted by atomic mass is 10.2. The molecule has 1 aromatic carbocycles. The standard InChI is InChI=1S/C13H14N4S/c1-8-3-2-4-11-12(8)17-13(18-11)10(14)5-9-6-15-7-16-9/h2-4,6-7,10H,5,14H2,1H3,(H,15,16). The number of imidazole rings is 1. The lowest BCUT2D eigenvalue weighted by molar-refractivity contribution is 0.705. The number of aryl methyl sites for hydroxylation is 1. The van der Waals surface area contributed by atoms with E-state index in [4.69, 9.17) is 5.73 Å². The number of nitrogens with one attached hydrogen (secondary N) is 1. The van der Waals surface area contributed by atoms with Crippen LogP contribution in [0.3, 0.4) is 0 Å². The van der Waals surface area contributed by atoms with Crippen LogP contribution in [0.2, 0.25) is 0 Å². The molecule has 2 heterocycles. The highest BCUT2D eigenvalue weighted by atomic mass is 32.1. The monoisotopic (exact) mass is 258 g/mol. The zero-order chi connectivity index (χ0) is 12.5. The first-order valence-corrected chi connectivity index (χ1v) is 6.64. The average molecular weight is 258 g/mol. The van der Waals surface area contributed by atoms with Crippen molar-refractivity contribution in [2.75, 3.05) is 0 Å². The van der Waals surface area contributed by atoms with Gasteiger partial charge in [-0.3, -0.25) is 0 Å². The Labute approximate surface area is 109 Å². The molecule has 0 saturated heterocycles. The molecule has 0 bridgehead atoms. The Morgan fingerprint density at radius 1 is 1.44 bits per heavy atom. The number of aromatic nitrogens is 3. The molecule has 92 valence electrons. The van der Waals surface area contributed by atoms with Crippen molar-refractivity contribution in [3.05, 3.63) is 47.0 Å². The van der Waals surface area contributed by atoms with E-state index in [1.807, 2.05) is 0 Å². The van der Waals surface area contributed by atoms with E-state index in [1.165, 1.54) is 10.3 Å². The van der Waals surface area contributed by atoms with Crippen molar-refractivity contribution >= 4 is 21.6 Å². The summed E-state index contributed by atoms with van der Waals surface area (Å²) in [5, 5.41) is 0.980. The van der Waals surface area contributed by atoms with Gasteiger partial charge in [-0.05, 0) is 18.6 Å². The van der Waals surface area contributed by atoms with Gasteiger partial charge in [0.15, 0.2) is 0 Å². The molecule has 4 nitrogen and oxygen atoms in total. The third kappa shape index (κ3) is 2.02. The molecule has 0 spiro atoms. The number of fused-ring (bicyclic) bond motifs is 1. The summed E-state index contributed by atoms with van der Waals surface area (Å²) in [6, 6.07) is 6.14. The van der Waals surface area contributed by atoms with E-state index in [9.17, 15) is 0 Å². The minimum absolute atomic E-state index is 0.0813. The summed E-state index contributed by atoms with van der Waals surface area (Å²) >= 11 is 1.67. The number of para-hydroxylation sites is 1. The number of benzene rings is 1. The third-order valence-corrected chi connectivity index (χ3v) is 4.10. The largest absolute Gasteiger partial charge is 0.348 e. The predicted octanol–water partition coefficient (Wildman–Crippen LogP) is 2.57. The first kappa shape index (κ1) is 11.4. The van der Waals surface area contributed by atoms with E-state index in [-0.39, 0.29) is 6.04 Å². The van der Waals surface area contributed by atoms with Crippen LogP contribution in [-0.2, 0) is 6.42 Å². The van der Waals surface area contributed by atoms with Crippen molar-refractivity contribution < 1.29 is 0 Å². The Morgan fingerprint density at radius 3 is 3.06 bits per heavy atom. The Kier molecular flexibility index (Phi) is 2.85. The van der Waals surface area contributed by atoms with E-state index in [0.29, 0.717) is 0 Å². The smallest absolute Gasteiger partial charge is 0.111 e. The van der Waals surface area contributed by atoms with Gasteiger partial charge in [0.2, 0.25) is 0 Å². The first-order chi connectivity index (χ1) is 8.74. The fourth-order valence-electron chi connectivity index (χ4n) is 1.98. The lowest BCUT2D eigenvalue weighted by Crippen LogP contribution is -2.13. The van der Waals surface area contributed by atoms with Gasteiger partial charge in [0.05, 0.1) is 22.6 Å². The zero-order valence-corrected chi connectivity index (χ0v) is 10.9. The summed E-state index contributed by atoms with van der Waals surface area (Å²) in [4.78, 5) is 11.7. The minimum Gasteiger partial charge on any atom is -0.348 e. The summed E-state index contributed by atoms with van der Waals surface area (Å²) in [7, 11) is 0. The molecule has 1 atom stereocenters. The fraction of sp³-hybridized carbons (Fsp3) is 0.231. The topological polar surface area (TPSA) is 67.6 Å². The molecule has 5 heteroatoms. The maximum atomic E-state index is 6.20. The van der Waals surface area contributed by atoms with Gasteiger partial charge in [-0.2, -0.15) is 0 Å². The predicted molar refractivity (Wildman–Crippen MR) is 73.6 cm³/mol. The highest BCUT2D eigenvalue weighted by molar-refractivity contribution is 7.18. The summed E-state index contributed by atoms with van der Waals surface area (Å²) in [6.07, 6.45) is 4.21. The molecule has 2 aromatic heterocycles. The molecule has 3 N–H and O–H groups in total. The van der Waals surface area contributed by atoms with E-state index in [0.717, 1.165) is 22.6 Å². The molecule has 3 rings (SSSR count). The SMILES string of the molecule is Cc1cccc2sc(C(N)Cc3cnc[nH]3)nc12. The Morgan fingerprint density at radius 2 is 2.33 bits per heavy atom. The van der Waals surface area contributed by atoms with Crippen molar-refractivity contribution in [1.29, 1.82) is 0 Å². The van der Waals surface area contributed by atoms with E-state index < -0.39 is 0 Å². The molecule has 1 unspecified atom stereocenters. The summed E-state index contributed by atoms with van der Waals surface area (Å²) in [6.45, 7) is 2.08. The second-order valence-corrected chi connectivity index (χ2v) is 5.42. The van der Waals surface area contributed by atoms with Gasteiger partial charge in [-0.1, -0.05) is 12.1 Å². The van der Waals surface area contributed by atoms with Crippen LogP contribution in [0.15, 0.2) is 30.7 Å². The first-order valence-electron chi connectivity index (χ1n) is 5.83. The normalized spacial score (nSPS) is 13.0. The second-order valence-electron chi connectivity index (χ2n) is 4.36. The lowest BCUT2D eigenvalue weighted by Gasteiger charge is -2.05. The molecule has 0 aliphatic heterocycles. The summed E-state index contributed by atoms with van der Waals surface area (Å²) in [5.41, 5.74) is 9.51. The number of nitrogens with two attached hydrogens (primary N) is 1. The molecule has 0 aliphatic rings. The highest BCUT2D eigenvalue weighted by Gasteiger charge is 2.14. The van der Waals surface area contributed by atoms with E-state index >= 15 is 0 Å². The second kappa shape index (κ2) is 4.51. The van der Waals surface area contributed by atoms with Crippen LogP contribution in [0.25, 0.3) is 10.2 Å². The van der Waals surface area contributed by atoms with Crippen molar-refractivity contribution in [2.45, 2.75) is 19.4 Å². The summed E-state index contributed by atoms with van der Waals surface area (Å²) < 4.78 is 1.20. The van der Waals surface area contributed by atoms with Gasteiger partial charge in [-0.25, -0.2) is 9.97 Å². The van der Waals surface area contributed by atoms with E-state index in [1.54, 1.807) is 23.9 Å². The number of thiazole rings is 1. The Balaban J connectivity index is 1.92. The van der Waals surface area contributed by atoms with Crippen LogP contribution in [0.1, 0.15) is 22.3 Å². The molecule has 0 radical (unpaired) electrons. The van der Waals surface area contributed by atoms with E-state index in [2.05, 4.69) is 40.1 Å². The Hall–Kier alpha value is -1.72. The molecule has 0 amide bonds. The van der Waals surface area contributed by atoms with Crippen molar-refractivity contribution in [2.24, 2.45) is 5.73 Å². The number of nitrogens with zero attached hydrogens (tertiary/aromatic N) is 2. The van der Waals surface area contributed by atoms with Gasteiger partial charge in [-0.15, -0.1) is 11.3 Å². The van der Waals surface area contributed by atoms with Crippen LogP contribution in [0.4, 0.5) is 0 Å².